The van der Waals surface area contributed by atoms with E-state index in [0.29, 0.717) is 0 Å². The molecule has 2 aliphatic heterocycles. The van der Waals surface area contributed by atoms with Crippen molar-refractivity contribution in [2.45, 2.75) is 181 Å². The van der Waals surface area contributed by atoms with Gasteiger partial charge in [-0.1, -0.05) is 178 Å². The van der Waals surface area contributed by atoms with Crippen molar-refractivity contribution in [2.24, 2.45) is 0 Å². The fourth-order valence-electron chi connectivity index (χ4n) is 14.0. The quantitative estimate of drug-likeness (QED) is 0.165. The summed E-state index contributed by atoms with van der Waals surface area (Å²) in [5.41, 5.74) is 25.0. The highest BCUT2D eigenvalue weighted by Crippen LogP contribution is 2.55. The lowest BCUT2D eigenvalue weighted by Gasteiger charge is -2.45. The van der Waals surface area contributed by atoms with Gasteiger partial charge < -0.3 is 18.6 Å². The zero-order chi connectivity index (χ0) is 54.5. The van der Waals surface area contributed by atoms with E-state index in [2.05, 4.69) is 249 Å². The highest BCUT2D eigenvalue weighted by Gasteiger charge is 2.49. The first-order valence-corrected chi connectivity index (χ1v) is 28.8. The van der Waals surface area contributed by atoms with E-state index < -0.39 is 0 Å². The fourth-order valence-corrected chi connectivity index (χ4v) is 14.0. The van der Waals surface area contributed by atoms with Crippen LogP contribution < -0.4 is 26.4 Å². The molecule has 0 amide bonds. The maximum atomic E-state index is 7.79. The molecular weight excluding hydrogens is 936 g/mol. The minimum Gasteiger partial charge on any atom is -0.468 e. The van der Waals surface area contributed by atoms with E-state index in [9.17, 15) is 0 Å². The van der Waals surface area contributed by atoms with Gasteiger partial charge >= 0.3 is 0 Å². The highest BCUT2D eigenvalue weighted by molar-refractivity contribution is 7.00. The standard InChI is InChI=1S/C72H79BN2O2/c1-66(2,3)43-25-28-57-56(38-43)73-62-58(74(57)47-36-44(67(4,5)6)35-45(37-47)68(7,8)9)33-42(48-22-20-23-50-49-21-18-19-24-60(49)76-64(48)50)34-59(62)75(46-26-27-52-53(39-46)70(12,13)30-29-69(52,10)11)63-51-40-54-55(41-61(51)77-65(63)73)72(16,17)32-31-71(54,14)15/h18-28,33-41H,29-32H2,1-17H3. The lowest BCUT2D eigenvalue weighted by Crippen LogP contribution is -2.61. The van der Waals surface area contributed by atoms with E-state index in [1.165, 1.54) is 78.0 Å². The first-order valence-electron chi connectivity index (χ1n) is 28.8. The average molecular weight is 1020 g/mol. The molecule has 7 aromatic carbocycles. The summed E-state index contributed by atoms with van der Waals surface area (Å²) in [6.07, 6.45) is 4.56. The fraction of sp³-hybridized carbons (Fsp3) is 0.389. The largest absolute Gasteiger partial charge is 0.468 e. The van der Waals surface area contributed by atoms with Crippen molar-refractivity contribution in [2.75, 3.05) is 9.80 Å². The molecule has 4 aliphatic rings. The molecule has 0 saturated heterocycles. The SMILES string of the molecule is CC(C)(C)c1cc(N2c3ccc(C(C)(C)C)cc3B3c4oc5cc6c(cc5c4N(c4ccc5c(c4)C(C)(C)CCC5(C)C)c4cc(-c5cccc7c5oc5ccccc57)cc2c43)C(C)(C)CCC6(C)C)cc(C(C)(C)C)c1. The highest BCUT2D eigenvalue weighted by atomic mass is 16.3. The van der Waals surface area contributed by atoms with Crippen molar-refractivity contribution >= 4 is 90.3 Å². The molecule has 0 radical (unpaired) electrons. The molecule has 0 fully saturated rings. The van der Waals surface area contributed by atoms with Crippen LogP contribution in [-0.2, 0) is 37.9 Å². The molecule has 4 nitrogen and oxygen atoms in total. The van der Waals surface area contributed by atoms with Gasteiger partial charge in [0.25, 0.3) is 6.71 Å². The van der Waals surface area contributed by atoms with Gasteiger partial charge in [0.05, 0.1) is 11.3 Å². The smallest absolute Gasteiger partial charge is 0.297 e. The average Bonchev–Trinajstić information content (AvgIpc) is 3.99. The van der Waals surface area contributed by atoms with E-state index >= 15 is 0 Å². The zero-order valence-corrected chi connectivity index (χ0v) is 49.2. The Morgan fingerprint density at radius 3 is 1.64 bits per heavy atom. The van der Waals surface area contributed by atoms with Gasteiger partial charge in [-0.05, 0) is 180 Å². The Kier molecular flexibility index (Phi) is 10.5. The van der Waals surface area contributed by atoms with Gasteiger partial charge in [-0.3, -0.25) is 0 Å². The number of benzene rings is 7. The molecule has 9 aromatic rings. The summed E-state index contributed by atoms with van der Waals surface area (Å²) < 4.78 is 14.8. The molecule has 2 aromatic heterocycles. The summed E-state index contributed by atoms with van der Waals surface area (Å²) in [5.74, 6) is 0. The topological polar surface area (TPSA) is 32.8 Å². The minimum absolute atomic E-state index is 0.000675. The maximum Gasteiger partial charge on any atom is 0.297 e. The predicted octanol–water partition coefficient (Wildman–Crippen LogP) is 18.7. The summed E-state index contributed by atoms with van der Waals surface area (Å²) in [7, 11) is 0. The van der Waals surface area contributed by atoms with E-state index in [-0.39, 0.29) is 44.6 Å². The Morgan fingerprint density at radius 1 is 0.429 bits per heavy atom. The van der Waals surface area contributed by atoms with Crippen LogP contribution in [0.15, 0.2) is 130 Å². The van der Waals surface area contributed by atoms with E-state index in [1.54, 1.807) is 0 Å². The first kappa shape index (κ1) is 50.1. The Balaban J connectivity index is 1.22. The first-order chi connectivity index (χ1) is 36.0. The minimum atomic E-state index is -0.206. The summed E-state index contributed by atoms with van der Waals surface area (Å²) in [6, 6.07) is 47.5. The Hall–Kier alpha value is -6.46. The van der Waals surface area contributed by atoms with E-state index in [0.717, 1.165) is 81.4 Å². The van der Waals surface area contributed by atoms with Gasteiger partial charge in [0.15, 0.2) is 0 Å². The van der Waals surface area contributed by atoms with Crippen LogP contribution in [-0.4, -0.2) is 6.71 Å². The summed E-state index contributed by atoms with van der Waals surface area (Å²) in [6.45, 7) is 40.6. The van der Waals surface area contributed by atoms with Crippen LogP contribution in [0.4, 0.5) is 34.1 Å². The number of para-hydroxylation sites is 2. The zero-order valence-electron chi connectivity index (χ0n) is 49.2. The van der Waals surface area contributed by atoms with Crippen molar-refractivity contribution < 1.29 is 8.83 Å². The second-order valence-electron chi connectivity index (χ2n) is 29.6. The number of rotatable bonds is 3. The third kappa shape index (κ3) is 7.58. The molecule has 0 atom stereocenters. The lowest BCUT2D eigenvalue weighted by molar-refractivity contribution is 0.332. The van der Waals surface area contributed by atoms with Gasteiger partial charge in [0.1, 0.15) is 16.7 Å². The molecule has 5 heteroatoms. The van der Waals surface area contributed by atoms with Crippen LogP contribution in [0.5, 0.6) is 0 Å². The molecule has 0 unspecified atom stereocenters. The third-order valence-corrected chi connectivity index (χ3v) is 19.2. The molecular formula is C72H79BN2O2. The van der Waals surface area contributed by atoms with Crippen LogP contribution in [0, 0.1) is 0 Å². The van der Waals surface area contributed by atoms with Crippen molar-refractivity contribution in [3.05, 3.63) is 160 Å². The van der Waals surface area contributed by atoms with Gasteiger partial charge in [-0.25, -0.2) is 0 Å². The predicted molar refractivity (Wildman–Crippen MR) is 330 cm³/mol. The lowest BCUT2D eigenvalue weighted by atomic mass is 9.35. The Labute approximate surface area is 459 Å². The summed E-state index contributed by atoms with van der Waals surface area (Å²) in [5, 5.41) is 3.44. The van der Waals surface area contributed by atoms with Gasteiger partial charge in [0, 0.05) is 50.2 Å². The number of furan rings is 2. The number of hydrogen-bond donors (Lipinski definition) is 0. The molecule has 0 saturated carbocycles. The molecule has 0 bridgehead atoms. The Bertz CT molecular complexity index is 3930. The molecule has 13 rings (SSSR count). The molecule has 77 heavy (non-hydrogen) atoms. The maximum absolute atomic E-state index is 7.79. The molecule has 4 heterocycles. The van der Waals surface area contributed by atoms with Crippen LogP contribution in [0.1, 0.15) is 182 Å². The van der Waals surface area contributed by atoms with Crippen molar-refractivity contribution in [1.82, 2.24) is 0 Å². The third-order valence-electron chi connectivity index (χ3n) is 19.2. The van der Waals surface area contributed by atoms with Crippen molar-refractivity contribution in [3.8, 4) is 11.1 Å². The molecule has 0 N–H and O–H groups in total. The number of anilines is 6. The normalized spacial score (nSPS) is 18.1. The number of hydrogen-bond acceptors (Lipinski definition) is 4. The second kappa shape index (κ2) is 16.1. The van der Waals surface area contributed by atoms with Crippen LogP contribution in [0.3, 0.4) is 0 Å². The number of fused-ring (bicyclic) bond motifs is 11. The Morgan fingerprint density at radius 2 is 1.00 bits per heavy atom. The van der Waals surface area contributed by atoms with Gasteiger partial charge in [0.2, 0.25) is 0 Å². The van der Waals surface area contributed by atoms with E-state index in [1.807, 2.05) is 0 Å². The van der Waals surface area contributed by atoms with Crippen molar-refractivity contribution in [1.29, 1.82) is 0 Å². The van der Waals surface area contributed by atoms with E-state index in [4.69, 9.17) is 8.83 Å². The summed E-state index contributed by atoms with van der Waals surface area (Å²) in [4.78, 5) is 5.27. The molecule has 2 aliphatic carbocycles. The van der Waals surface area contributed by atoms with Crippen LogP contribution in [0.25, 0.3) is 44.0 Å². The number of nitrogens with zero attached hydrogens (tertiary/aromatic N) is 2. The van der Waals surface area contributed by atoms with Crippen molar-refractivity contribution in [3.63, 3.8) is 0 Å². The van der Waals surface area contributed by atoms with Gasteiger partial charge in [-0.2, -0.15) is 0 Å². The van der Waals surface area contributed by atoms with Crippen LogP contribution in [0.2, 0.25) is 0 Å². The molecule has 0 spiro atoms. The van der Waals surface area contributed by atoms with Gasteiger partial charge in [-0.15, -0.1) is 0 Å². The monoisotopic (exact) mass is 1010 g/mol. The second-order valence-corrected chi connectivity index (χ2v) is 29.6. The van der Waals surface area contributed by atoms with Crippen LogP contribution >= 0.6 is 0 Å². The molecule has 392 valence electrons. The summed E-state index contributed by atoms with van der Waals surface area (Å²) >= 11 is 0.